The van der Waals surface area contributed by atoms with Crippen molar-refractivity contribution in [3.05, 3.63) is 11.6 Å². The summed E-state index contributed by atoms with van der Waals surface area (Å²) >= 11 is 0. The Morgan fingerprint density at radius 3 is 2.63 bits per heavy atom. The Bertz CT molecular complexity index is 739. The Morgan fingerprint density at radius 2 is 1.87 bits per heavy atom. The highest BCUT2D eigenvalue weighted by atomic mass is 19.1. The largest absolute Gasteiger partial charge is 0.349 e. The Balaban J connectivity index is 1.28. The zero-order valence-corrected chi connectivity index (χ0v) is 19.5. The van der Waals surface area contributed by atoms with Crippen LogP contribution in [0.15, 0.2) is 11.6 Å². The van der Waals surface area contributed by atoms with Gasteiger partial charge in [0.05, 0.1) is 12.7 Å². The van der Waals surface area contributed by atoms with Crippen LogP contribution in [0.3, 0.4) is 0 Å². The first-order valence-corrected chi connectivity index (χ1v) is 12.9. The maximum Gasteiger partial charge on any atom is 0.171 e. The summed E-state index contributed by atoms with van der Waals surface area (Å²) in [6.45, 7) is 10.7. The van der Waals surface area contributed by atoms with Crippen molar-refractivity contribution < 1.29 is 13.9 Å². The summed E-state index contributed by atoms with van der Waals surface area (Å²) in [6.07, 6.45) is 12.1. The van der Waals surface area contributed by atoms with Gasteiger partial charge in [-0.1, -0.05) is 39.3 Å². The van der Waals surface area contributed by atoms with Crippen molar-refractivity contribution in [3.63, 3.8) is 0 Å². The van der Waals surface area contributed by atoms with Gasteiger partial charge >= 0.3 is 0 Å². The summed E-state index contributed by atoms with van der Waals surface area (Å²) in [6, 6.07) is 0. The predicted molar refractivity (Wildman–Crippen MR) is 117 cm³/mol. The van der Waals surface area contributed by atoms with E-state index >= 15 is 0 Å². The first-order chi connectivity index (χ1) is 14.3. The third-order valence-corrected chi connectivity index (χ3v) is 11.3. The molecule has 0 bridgehead atoms. The molecule has 30 heavy (non-hydrogen) atoms. The lowest BCUT2D eigenvalue weighted by atomic mass is 9.47. The number of fused-ring (bicyclic) bond motifs is 7. The Hall–Kier alpha value is -0.410. The van der Waals surface area contributed by atoms with Crippen LogP contribution in [0.5, 0.6) is 0 Å². The minimum absolute atomic E-state index is 0.251. The van der Waals surface area contributed by atoms with Crippen LogP contribution in [0.25, 0.3) is 0 Å². The molecule has 0 amide bonds. The van der Waals surface area contributed by atoms with E-state index in [2.05, 4.69) is 33.8 Å². The van der Waals surface area contributed by atoms with Gasteiger partial charge in [-0.2, -0.15) is 0 Å². The fraction of sp³-hybridized carbons (Fsp3) is 0.926. The molecule has 2 heterocycles. The maximum absolute atomic E-state index is 14.2. The van der Waals surface area contributed by atoms with Crippen molar-refractivity contribution in [2.45, 2.75) is 104 Å². The van der Waals surface area contributed by atoms with Crippen LogP contribution >= 0.6 is 0 Å². The standard InChI is InChI=1S/C27H41FO2/c1-16-7-12-27(29-15-16)17(2)24-23(30-27)14-22-20-6-5-18-13-19(28)8-10-25(18,3)21(20)9-11-26(22,24)4/h5,16-17,19-24H,6-15H2,1-4H3/t16-,17+,19+,20-,21+,22+,23+,24+,25+,26+,27?/m1/s1. The summed E-state index contributed by atoms with van der Waals surface area (Å²) in [5.41, 5.74) is 2.08. The molecule has 0 radical (unpaired) electrons. The van der Waals surface area contributed by atoms with Crippen molar-refractivity contribution in [1.29, 1.82) is 0 Å². The molecule has 1 spiro atoms. The summed E-state index contributed by atoms with van der Waals surface area (Å²) in [7, 11) is 0. The Labute approximate surface area is 182 Å². The summed E-state index contributed by atoms with van der Waals surface area (Å²) in [4.78, 5) is 0. The molecule has 6 rings (SSSR count). The Morgan fingerprint density at radius 1 is 1.03 bits per heavy atom. The lowest BCUT2D eigenvalue weighted by Crippen LogP contribution is -2.52. The third-order valence-electron chi connectivity index (χ3n) is 11.3. The van der Waals surface area contributed by atoms with Gasteiger partial charge < -0.3 is 9.47 Å². The number of hydrogen-bond acceptors (Lipinski definition) is 2. The highest BCUT2D eigenvalue weighted by Crippen LogP contribution is 2.70. The normalized spacial score (nSPS) is 59.8. The third kappa shape index (κ3) is 2.54. The molecule has 1 unspecified atom stereocenters. The van der Waals surface area contributed by atoms with Crippen LogP contribution in [0.1, 0.15) is 85.5 Å². The van der Waals surface area contributed by atoms with Crippen molar-refractivity contribution in [3.8, 4) is 0 Å². The number of allylic oxidation sites excluding steroid dienone is 2. The molecule has 3 saturated carbocycles. The molecule has 2 saturated heterocycles. The number of rotatable bonds is 0. The molecule has 4 aliphatic carbocycles. The SMILES string of the molecule is C[C@@H]1CCC2(OC1)O[C@H]1C[C@H]3[C@@H]4CC=C5C[C@@H](F)CC[C@]5(C)[C@H]4CC[C@]3(C)[C@H]1[C@@H]2C. The predicted octanol–water partition coefficient (Wildman–Crippen LogP) is 6.69. The average molecular weight is 417 g/mol. The van der Waals surface area contributed by atoms with E-state index in [1.165, 1.54) is 37.7 Å². The lowest BCUT2D eigenvalue weighted by Gasteiger charge is -2.58. The molecular weight excluding hydrogens is 375 g/mol. The fourth-order valence-corrected chi connectivity index (χ4v) is 9.63. The summed E-state index contributed by atoms with van der Waals surface area (Å²) in [5.74, 6) is 3.75. The van der Waals surface area contributed by atoms with Crippen LogP contribution in [-0.2, 0) is 9.47 Å². The zero-order chi connectivity index (χ0) is 20.9. The quantitative estimate of drug-likeness (QED) is 0.410. The minimum atomic E-state index is -0.607. The molecule has 0 aromatic carbocycles. The van der Waals surface area contributed by atoms with Crippen molar-refractivity contribution in [2.24, 2.45) is 46.3 Å². The van der Waals surface area contributed by atoms with Crippen LogP contribution in [0.4, 0.5) is 4.39 Å². The van der Waals surface area contributed by atoms with Crippen LogP contribution < -0.4 is 0 Å². The topological polar surface area (TPSA) is 18.5 Å². The van der Waals surface area contributed by atoms with E-state index in [1.807, 2.05) is 0 Å². The van der Waals surface area contributed by atoms with Crippen molar-refractivity contribution >= 4 is 0 Å². The second kappa shape index (κ2) is 6.56. The zero-order valence-electron chi connectivity index (χ0n) is 19.5. The molecule has 11 atom stereocenters. The minimum Gasteiger partial charge on any atom is -0.349 e. The van der Waals surface area contributed by atoms with E-state index in [9.17, 15) is 4.39 Å². The number of halogens is 1. The van der Waals surface area contributed by atoms with Gasteiger partial charge in [0.1, 0.15) is 6.17 Å². The van der Waals surface area contributed by atoms with Crippen molar-refractivity contribution in [2.75, 3.05) is 6.61 Å². The van der Waals surface area contributed by atoms with Gasteiger partial charge in [0, 0.05) is 18.8 Å². The van der Waals surface area contributed by atoms with Crippen molar-refractivity contribution in [1.82, 2.24) is 0 Å². The van der Waals surface area contributed by atoms with Gasteiger partial charge in [0.15, 0.2) is 5.79 Å². The first-order valence-electron chi connectivity index (χ1n) is 12.9. The van der Waals surface area contributed by atoms with Gasteiger partial charge in [-0.3, -0.25) is 0 Å². The van der Waals surface area contributed by atoms with Gasteiger partial charge in [0.2, 0.25) is 0 Å². The second-order valence-electron chi connectivity index (χ2n) is 12.6. The van der Waals surface area contributed by atoms with E-state index < -0.39 is 6.17 Å². The Kier molecular flexibility index (Phi) is 4.42. The molecule has 0 aromatic heterocycles. The molecular formula is C27H41FO2. The summed E-state index contributed by atoms with van der Waals surface area (Å²) in [5, 5.41) is 0. The van der Waals surface area contributed by atoms with E-state index in [1.54, 1.807) is 0 Å². The van der Waals surface area contributed by atoms with Gasteiger partial charge in [-0.05, 0) is 85.4 Å². The monoisotopic (exact) mass is 416 g/mol. The van der Waals surface area contributed by atoms with E-state index in [4.69, 9.17) is 9.47 Å². The molecule has 5 fully saturated rings. The molecule has 2 aliphatic heterocycles. The van der Waals surface area contributed by atoms with Crippen LogP contribution in [-0.4, -0.2) is 24.7 Å². The van der Waals surface area contributed by atoms with E-state index in [-0.39, 0.29) is 11.2 Å². The molecule has 3 heteroatoms. The average Bonchev–Trinajstić information content (AvgIpc) is 3.16. The fourth-order valence-electron chi connectivity index (χ4n) is 9.63. The number of ether oxygens (including phenoxy) is 2. The highest BCUT2D eigenvalue weighted by Gasteiger charge is 2.68. The number of hydrogen-bond donors (Lipinski definition) is 0. The van der Waals surface area contributed by atoms with Gasteiger partial charge in [0.25, 0.3) is 0 Å². The molecule has 168 valence electrons. The number of alkyl halides is 1. The van der Waals surface area contributed by atoms with Gasteiger partial charge in [-0.15, -0.1) is 0 Å². The highest BCUT2D eigenvalue weighted by molar-refractivity contribution is 5.26. The molecule has 2 nitrogen and oxygen atoms in total. The van der Waals surface area contributed by atoms with E-state index in [0.717, 1.165) is 43.6 Å². The van der Waals surface area contributed by atoms with E-state index in [0.29, 0.717) is 35.7 Å². The summed E-state index contributed by atoms with van der Waals surface area (Å²) < 4.78 is 27.5. The van der Waals surface area contributed by atoms with Crippen LogP contribution in [0.2, 0.25) is 0 Å². The second-order valence-corrected chi connectivity index (χ2v) is 12.6. The van der Waals surface area contributed by atoms with Gasteiger partial charge in [-0.25, -0.2) is 4.39 Å². The smallest absolute Gasteiger partial charge is 0.171 e. The molecule has 0 aromatic rings. The maximum atomic E-state index is 14.2. The molecule has 0 N–H and O–H groups in total. The molecule has 6 aliphatic rings. The lowest BCUT2D eigenvalue weighted by molar-refractivity contribution is -0.272. The van der Waals surface area contributed by atoms with Crippen LogP contribution in [0, 0.1) is 46.3 Å². The first kappa shape index (κ1) is 20.2.